The fraction of sp³-hybridized carbons (Fsp3) is 1.00. The quantitative estimate of drug-likeness (QED) is 0.281. The fourth-order valence-electron chi connectivity index (χ4n) is 2.97. The Morgan fingerprint density at radius 2 is 0.609 bits per heavy atom. The molecule has 23 heavy (non-hydrogen) atoms. The molecule has 0 aromatic carbocycles. The summed E-state index contributed by atoms with van der Waals surface area (Å²) in [6.45, 7) is 3.02. The molecule has 3 nitrogen and oxygen atoms in total. The maximum absolute atomic E-state index is 8.70. The molecule has 0 heterocycles. The Bertz CT molecular complexity index is 180. The van der Waals surface area contributed by atoms with Crippen LogP contribution in [-0.4, -0.2) is 36.5 Å². The van der Waals surface area contributed by atoms with E-state index in [1.807, 2.05) is 0 Å². The first-order valence-corrected chi connectivity index (χ1v) is 10.3. The molecule has 3 heteroatoms. The Labute approximate surface area is 145 Å². The van der Waals surface area contributed by atoms with Crippen LogP contribution in [0.25, 0.3) is 0 Å². The summed E-state index contributed by atoms with van der Waals surface area (Å²) in [4.78, 5) is 0. The molecule has 0 atom stereocenters. The van der Waals surface area contributed by atoms with Gasteiger partial charge in [0.25, 0.3) is 0 Å². The molecule has 0 aliphatic rings. The number of unbranched alkanes of at least 4 members (excludes halogenated alkanes) is 14. The molecular formula is C20H43NO2. The Hall–Kier alpha value is -0.120. The van der Waals surface area contributed by atoms with E-state index in [4.69, 9.17) is 10.2 Å². The monoisotopic (exact) mass is 329 g/mol. The van der Waals surface area contributed by atoms with Crippen molar-refractivity contribution < 1.29 is 10.2 Å². The average Bonchev–Trinajstić information content (AvgIpc) is 2.57. The molecule has 0 fully saturated rings. The van der Waals surface area contributed by atoms with E-state index < -0.39 is 0 Å². The van der Waals surface area contributed by atoms with E-state index in [1.54, 1.807) is 0 Å². The molecule has 140 valence electrons. The van der Waals surface area contributed by atoms with Crippen LogP contribution in [0.5, 0.6) is 0 Å². The van der Waals surface area contributed by atoms with Crippen LogP contribution in [0.15, 0.2) is 0 Å². The first kappa shape index (κ1) is 22.9. The molecule has 0 aliphatic heterocycles. The molecular weight excluding hydrogens is 286 g/mol. The maximum Gasteiger partial charge on any atom is 0.0431 e. The smallest absolute Gasteiger partial charge is 0.0431 e. The third-order valence-electron chi connectivity index (χ3n) is 4.52. The molecule has 0 aromatic rings. The lowest BCUT2D eigenvalue weighted by molar-refractivity contribution is 0.282. The van der Waals surface area contributed by atoms with Crippen molar-refractivity contribution >= 4 is 0 Å². The van der Waals surface area contributed by atoms with Gasteiger partial charge in [-0.05, 0) is 38.8 Å². The summed E-state index contributed by atoms with van der Waals surface area (Å²) < 4.78 is 0. The van der Waals surface area contributed by atoms with E-state index in [-0.39, 0.29) is 0 Å². The predicted molar refractivity (Wildman–Crippen MR) is 101 cm³/mol. The van der Waals surface area contributed by atoms with Gasteiger partial charge in [0.1, 0.15) is 0 Å². The molecule has 0 saturated carbocycles. The van der Waals surface area contributed by atoms with Crippen LogP contribution in [0, 0.1) is 0 Å². The molecule has 0 aliphatic carbocycles. The van der Waals surface area contributed by atoms with E-state index in [1.165, 1.54) is 96.4 Å². The zero-order valence-corrected chi connectivity index (χ0v) is 15.5. The Balaban J connectivity index is 2.92. The van der Waals surface area contributed by atoms with Crippen molar-refractivity contribution in [1.29, 1.82) is 0 Å². The summed E-state index contributed by atoms with van der Waals surface area (Å²) in [5.41, 5.74) is 0. The standard InChI is InChI=1S/C20H43NO2/c22-19-15-11-8-6-4-2-1-3-5-7-9-13-17-21-18-14-10-12-16-20-23/h21-23H,1-20H2. The minimum atomic E-state index is 0.345. The average molecular weight is 330 g/mol. The minimum absolute atomic E-state index is 0.345. The van der Waals surface area contributed by atoms with E-state index in [0.29, 0.717) is 13.2 Å². The van der Waals surface area contributed by atoms with E-state index >= 15 is 0 Å². The van der Waals surface area contributed by atoms with Gasteiger partial charge in [0.2, 0.25) is 0 Å². The number of hydrogen-bond acceptors (Lipinski definition) is 3. The molecule has 0 aromatic heterocycles. The van der Waals surface area contributed by atoms with Crippen molar-refractivity contribution in [2.75, 3.05) is 26.3 Å². The normalized spacial score (nSPS) is 11.2. The van der Waals surface area contributed by atoms with Crippen LogP contribution >= 0.6 is 0 Å². The summed E-state index contributed by atoms with van der Waals surface area (Å²) in [6.07, 6.45) is 20.6. The van der Waals surface area contributed by atoms with Crippen LogP contribution in [0.1, 0.15) is 103 Å². The number of hydrogen-bond donors (Lipinski definition) is 3. The van der Waals surface area contributed by atoms with Crippen molar-refractivity contribution in [3.05, 3.63) is 0 Å². The summed E-state index contributed by atoms with van der Waals surface area (Å²) in [7, 11) is 0. The fourth-order valence-corrected chi connectivity index (χ4v) is 2.97. The lowest BCUT2D eigenvalue weighted by Crippen LogP contribution is -2.16. The van der Waals surface area contributed by atoms with Crippen LogP contribution in [0.2, 0.25) is 0 Å². The summed E-state index contributed by atoms with van der Waals surface area (Å²) in [6, 6.07) is 0. The molecule has 0 unspecified atom stereocenters. The molecule has 0 radical (unpaired) electrons. The highest BCUT2D eigenvalue weighted by atomic mass is 16.3. The zero-order chi connectivity index (χ0) is 16.8. The van der Waals surface area contributed by atoms with E-state index in [0.717, 1.165) is 19.4 Å². The Kier molecular flexibility index (Phi) is 21.8. The topological polar surface area (TPSA) is 52.5 Å². The molecule has 0 amide bonds. The van der Waals surface area contributed by atoms with E-state index in [2.05, 4.69) is 5.32 Å². The molecule has 0 rings (SSSR count). The number of rotatable bonds is 20. The van der Waals surface area contributed by atoms with Crippen LogP contribution in [0.4, 0.5) is 0 Å². The lowest BCUT2D eigenvalue weighted by atomic mass is 10.1. The van der Waals surface area contributed by atoms with Gasteiger partial charge >= 0.3 is 0 Å². The third kappa shape index (κ3) is 21.9. The van der Waals surface area contributed by atoms with Gasteiger partial charge in [0, 0.05) is 13.2 Å². The first-order valence-electron chi connectivity index (χ1n) is 10.3. The van der Waals surface area contributed by atoms with Gasteiger partial charge in [-0.3, -0.25) is 0 Å². The Morgan fingerprint density at radius 3 is 0.913 bits per heavy atom. The highest BCUT2D eigenvalue weighted by Gasteiger charge is 1.94. The largest absolute Gasteiger partial charge is 0.396 e. The van der Waals surface area contributed by atoms with Crippen molar-refractivity contribution in [1.82, 2.24) is 5.32 Å². The number of aliphatic hydroxyl groups excluding tert-OH is 2. The van der Waals surface area contributed by atoms with Crippen LogP contribution < -0.4 is 5.32 Å². The minimum Gasteiger partial charge on any atom is -0.396 e. The SMILES string of the molecule is OCCCCCCCCCCCCCCNCCCCCCO. The van der Waals surface area contributed by atoms with Crippen molar-refractivity contribution in [3.8, 4) is 0 Å². The van der Waals surface area contributed by atoms with Crippen LogP contribution in [-0.2, 0) is 0 Å². The second-order valence-corrected chi connectivity index (χ2v) is 6.85. The van der Waals surface area contributed by atoms with Gasteiger partial charge in [0.05, 0.1) is 0 Å². The molecule has 0 saturated heterocycles. The van der Waals surface area contributed by atoms with Crippen molar-refractivity contribution in [3.63, 3.8) is 0 Å². The van der Waals surface area contributed by atoms with E-state index in [9.17, 15) is 0 Å². The highest BCUT2D eigenvalue weighted by Crippen LogP contribution is 2.11. The van der Waals surface area contributed by atoms with Gasteiger partial charge in [-0.15, -0.1) is 0 Å². The second-order valence-electron chi connectivity index (χ2n) is 6.85. The molecule has 3 N–H and O–H groups in total. The zero-order valence-electron chi connectivity index (χ0n) is 15.5. The van der Waals surface area contributed by atoms with Crippen molar-refractivity contribution in [2.24, 2.45) is 0 Å². The first-order chi connectivity index (χ1) is 11.4. The number of nitrogens with one attached hydrogen (secondary N) is 1. The van der Waals surface area contributed by atoms with Crippen molar-refractivity contribution in [2.45, 2.75) is 103 Å². The highest BCUT2D eigenvalue weighted by molar-refractivity contribution is 4.52. The summed E-state index contributed by atoms with van der Waals surface area (Å²) in [5.74, 6) is 0. The maximum atomic E-state index is 8.70. The van der Waals surface area contributed by atoms with Gasteiger partial charge in [0.15, 0.2) is 0 Å². The van der Waals surface area contributed by atoms with Gasteiger partial charge in [-0.2, -0.15) is 0 Å². The Morgan fingerprint density at radius 1 is 0.348 bits per heavy atom. The summed E-state index contributed by atoms with van der Waals surface area (Å²) >= 11 is 0. The van der Waals surface area contributed by atoms with Gasteiger partial charge in [-0.1, -0.05) is 77.0 Å². The second kappa shape index (κ2) is 21.9. The number of aliphatic hydroxyl groups is 2. The molecule has 0 spiro atoms. The predicted octanol–water partition coefficient (Wildman–Crippen LogP) is 4.80. The third-order valence-corrected chi connectivity index (χ3v) is 4.52. The van der Waals surface area contributed by atoms with Gasteiger partial charge < -0.3 is 15.5 Å². The van der Waals surface area contributed by atoms with Crippen LogP contribution in [0.3, 0.4) is 0 Å². The van der Waals surface area contributed by atoms with Gasteiger partial charge in [-0.25, -0.2) is 0 Å². The lowest BCUT2D eigenvalue weighted by Gasteiger charge is -2.05. The molecule has 0 bridgehead atoms. The summed E-state index contributed by atoms with van der Waals surface area (Å²) in [5, 5.41) is 20.9.